The van der Waals surface area contributed by atoms with Gasteiger partial charge in [0.15, 0.2) is 0 Å². The first-order valence-electron chi connectivity index (χ1n) is 5.24. The van der Waals surface area contributed by atoms with E-state index in [2.05, 4.69) is 25.7 Å². The molecule has 1 heterocycles. The Morgan fingerprint density at radius 2 is 2.16 bits per heavy atom. The molecule has 0 atom stereocenters. The number of nitrogens with one attached hydrogen (secondary N) is 1. The fraction of sp³-hybridized carbons (Fsp3) is 0.0833. The number of H-pyrrole nitrogens is 1. The molecule has 0 radical (unpaired) electrons. The van der Waals surface area contributed by atoms with Crippen LogP contribution in [0.15, 0.2) is 34.9 Å². The number of carbonyl (C=O) groups is 1. The molecule has 98 valence electrons. The molecule has 1 N–H and O–H groups in total. The summed E-state index contributed by atoms with van der Waals surface area (Å²) in [7, 11) is 1.26. The average Bonchev–Trinajstić information content (AvgIpc) is 2.86. The van der Waals surface area contributed by atoms with Crippen LogP contribution in [0.2, 0.25) is 0 Å². The van der Waals surface area contributed by atoms with Gasteiger partial charge in [0, 0.05) is 16.7 Å². The molecule has 0 saturated heterocycles. The summed E-state index contributed by atoms with van der Waals surface area (Å²) in [5.41, 5.74) is 0.861. The topological polar surface area (TPSA) is 85.2 Å². The van der Waals surface area contributed by atoms with Crippen LogP contribution < -0.4 is 0 Å². The number of carbonyl (C=O) groups excluding carboxylic acids is 1. The number of benzene rings is 1. The summed E-state index contributed by atoms with van der Waals surface area (Å²) >= 11 is 3.18. The number of methoxy groups -OCH3 is 1. The monoisotopic (exact) mass is 324 g/mol. The van der Waals surface area contributed by atoms with Crippen molar-refractivity contribution >= 4 is 27.6 Å². The highest BCUT2D eigenvalue weighted by Gasteiger charge is 2.22. The van der Waals surface area contributed by atoms with Crippen LogP contribution in [0.25, 0.3) is 11.3 Å². The maximum Gasteiger partial charge on any atom is 0.340 e. The number of nitro benzene ring substituents is 1. The first-order valence-corrected chi connectivity index (χ1v) is 6.04. The molecule has 0 aliphatic rings. The molecule has 1 aromatic heterocycles. The summed E-state index contributed by atoms with van der Waals surface area (Å²) in [6.45, 7) is 0. The molecule has 0 saturated carbocycles. The van der Waals surface area contributed by atoms with Crippen molar-refractivity contribution in [2.45, 2.75) is 0 Å². The lowest BCUT2D eigenvalue weighted by molar-refractivity contribution is -0.384. The second-order valence-corrected chi connectivity index (χ2v) is 4.59. The van der Waals surface area contributed by atoms with Crippen molar-refractivity contribution in [2.75, 3.05) is 7.11 Å². The summed E-state index contributed by atoms with van der Waals surface area (Å²) in [5, 5.41) is 11.1. The van der Waals surface area contributed by atoms with Crippen LogP contribution in [-0.4, -0.2) is 23.0 Å². The van der Waals surface area contributed by atoms with Gasteiger partial charge in [-0.2, -0.15) is 0 Å². The third-order valence-corrected chi connectivity index (χ3v) is 3.07. The summed E-state index contributed by atoms with van der Waals surface area (Å²) in [4.78, 5) is 25.0. The van der Waals surface area contributed by atoms with E-state index in [1.165, 1.54) is 25.4 Å². The Bertz CT molecular complexity index is 651. The van der Waals surface area contributed by atoms with Gasteiger partial charge in [0.2, 0.25) is 0 Å². The molecule has 0 amide bonds. The predicted octanol–water partition coefficient (Wildman–Crippen LogP) is 3.14. The summed E-state index contributed by atoms with van der Waals surface area (Å²) < 4.78 is 5.23. The number of rotatable bonds is 3. The van der Waals surface area contributed by atoms with Crippen molar-refractivity contribution in [3.63, 3.8) is 0 Å². The predicted molar refractivity (Wildman–Crippen MR) is 71.9 cm³/mol. The van der Waals surface area contributed by atoms with Crippen LogP contribution in [0.1, 0.15) is 10.4 Å². The van der Waals surface area contributed by atoms with Gasteiger partial charge in [0.1, 0.15) is 0 Å². The van der Waals surface area contributed by atoms with Gasteiger partial charge >= 0.3 is 5.97 Å². The third kappa shape index (κ3) is 2.50. The van der Waals surface area contributed by atoms with Crippen LogP contribution >= 0.6 is 15.9 Å². The molecule has 19 heavy (non-hydrogen) atoms. The molecule has 0 aliphatic carbocycles. The van der Waals surface area contributed by atoms with Crippen molar-refractivity contribution in [1.82, 2.24) is 4.98 Å². The molecule has 7 heteroatoms. The Hall–Kier alpha value is -2.15. The van der Waals surface area contributed by atoms with E-state index < -0.39 is 10.9 Å². The van der Waals surface area contributed by atoms with E-state index in [1.54, 1.807) is 12.1 Å². The van der Waals surface area contributed by atoms with Crippen LogP contribution in [0.5, 0.6) is 0 Å². The van der Waals surface area contributed by atoms with Crippen molar-refractivity contribution in [1.29, 1.82) is 0 Å². The second-order valence-electron chi connectivity index (χ2n) is 3.68. The lowest BCUT2D eigenvalue weighted by atomic mass is 10.1. The number of hydrogen-bond donors (Lipinski definition) is 1. The van der Waals surface area contributed by atoms with E-state index in [9.17, 15) is 14.9 Å². The van der Waals surface area contributed by atoms with Gasteiger partial charge in [0.05, 0.1) is 28.9 Å². The van der Waals surface area contributed by atoms with Gasteiger partial charge in [-0.3, -0.25) is 10.1 Å². The first-order chi connectivity index (χ1) is 9.04. The molecule has 6 nitrogen and oxygen atoms in total. The average molecular weight is 325 g/mol. The Balaban J connectivity index is 2.63. The standard InChI is InChI=1S/C12H9BrN2O4/c1-19-12(16)9-4-5-14-11(9)8-3-2-7(13)6-10(8)15(17)18/h2-6,14H,1H3. The zero-order chi connectivity index (χ0) is 14.0. The zero-order valence-corrected chi connectivity index (χ0v) is 11.4. The van der Waals surface area contributed by atoms with E-state index in [-0.39, 0.29) is 11.3 Å². The second kappa shape index (κ2) is 5.23. The molecule has 0 spiro atoms. The molecule has 0 fully saturated rings. The minimum Gasteiger partial charge on any atom is -0.465 e. The largest absolute Gasteiger partial charge is 0.465 e. The number of esters is 1. The minimum atomic E-state index is -0.548. The number of aromatic nitrogens is 1. The fourth-order valence-corrected chi connectivity index (χ4v) is 2.09. The molecular weight excluding hydrogens is 316 g/mol. The SMILES string of the molecule is COC(=O)c1cc[nH]c1-c1ccc(Br)cc1[N+](=O)[O-]. The highest BCUT2D eigenvalue weighted by molar-refractivity contribution is 9.10. The lowest BCUT2D eigenvalue weighted by Crippen LogP contribution is -2.02. The number of nitrogens with zero attached hydrogens (tertiary/aromatic N) is 1. The number of aromatic amines is 1. The summed E-state index contributed by atoms with van der Waals surface area (Å²) in [5.74, 6) is -0.548. The van der Waals surface area contributed by atoms with Gasteiger partial charge in [-0.1, -0.05) is 15.9 Å². The van der Waals surface area contributed by atoms with Crippen LogP contribution in [0.3, 0.4) is 0 Å². The quantitative estimate of drug-likeness (QED) is 0.534. The van der Waals surface area contributed by atoms with Crippen LogP contribution in [0, 0.1) is 10.1 Å². The third-order valence-electron chi connectivity index (χ3n) is 2.58. The summed E-state index contributed by atoms with van der Waals surface area (Å²) in [6, 6.07) is 6.15. The number of nitro groups is 1. The molecular formula is C12H9BrN2O4. The van der Waals surface area contributed by atoms with Crippen LogP contribution in [-0.2, 0) is 4.74 Å². The van der Waals surface area contributed by atoms with E-state index >= 15 is 0 Å². The zero-order valence-electron chi connectivity index (χ0n) is 9.84. The molecule has 2 aromatic rings. The van der Waals surface area contributed by atoms with Crippen molar-refractivity contribution in [2.24, 2.45) is 0 Å². The Morgan fingerprint density at radius 3 is 2.79 bits per heavy atom. The number of ether oxygens (including phenoxy) is 1. The Labute approximate surface area is 116 Å². The highest BCUT2D eigenvalue weighted by atomic mass is 79.9. The van der Waals surface area contributed by atoms with E-state index in [0.29, 0.717) is 15.7 Å². The molecule has 0 aliphatic heterocycles. The van der Waals surface area contributed by atoms with Crippen LogP contribution in [0.4, 0.5) is 5.69 Å². The maximum absolute atomic E-state index is 11.6. The van der Waals surface area contributed by atoms with E-state index in [4.69, 9.17) is 0 Å². The molecule has 1 aromatic carbocycles. The molecule has 0 bridgehead atoms. The maximum atomic E-state index is 11.6. The van der Waals surface area contributed by atoms with Crippen molar-refractivity contribution in [3.05, 3.63) is 50.6 Å². The first kappa shape index (κ1) is 13.3. The summed E-state index contributed by atoms with van der Waals surface area (Å²) in [6.07, 6.45) is 1.54. The molecule has 2 rings (SSSR count). The molecule has 0 unspecified atom stereocenters. The van der Waals surface area contributed by atoms with Gasteiger partial charge < -0.3 is 9.72 Å². The normalized spacial score (nSPS) is 10.2. The Kier molecular flexibility index (Phi) is 3.66. The highest BCUT2D eigenvalue weighted by Crippen LogP contribution is 2.33. The van der Waals surface area contributed by atoms with E-state index in [1.807, 2.05) is 0 Å². The lowest BCUT2D eigenvalue weighted by Gasteiger charge is -2.04. The fourth-order valence-electron chi connectivity index (χ4n) is 1.74. The smallest absolute Gasteiger partial charge is 0.340 e. The van der Waals surface area contributed by atoms with Gasteiger partial charge in [-0.15, -0.1) is 0 Å². The van der Waals surface area contributed by atoms with E-state index in [0.717, 1.165) is 0 Å². The number of hydrogen-bond acceptors (Lipinski definition) is 4. The van der Waals surface area contributed by atoms with Gasteiger partial charge in [-0.05, 0) is 18.2 Å². The Morgan fingerprint density at radius 1 is 1.42 bits per heavy atom. The van der Waals surface area contributed by atoms with Gasteiger partial charge in [-0.25, -0.2) is 4.79 Å². The van der Waals surface area contributed by atoms with Crippen molar-refractivity contribution in [3.8, 4) is 11.3 Å². The van der Waals surface area contributed by atoms with Crippen molar-refractivity contribution < 1.29 is 14.5 Å². The van der Waals surface area contributed by atoms with Gasteiger partial charge in [0.25, 0.3) is 5.69 Å². The minimum absolute atomic E-state index is 0.0954. The number of halogens is 1.